The summed E-state index contributed by atoms with van der Waals surface area (Å²) in [5, 5.41) is 3.04. The van der Waals surface area contributed by atoms with Crippen LogP contribution in [0.5, 0.6) is 0 Å². The van der Waals surface area contributed by atoms with Gasteiger partial charge in [0.1, 0.15) is 11.5 Å². The lowest BCUT2D eigenvalue weighted by Gasteiger charge is -2.33. The van der Waals surface area contributed by atoms with Gasteiger partial charge in [-0.2, -0.15) is 0 Å². The third kappa shape index (κ3) is 4.14. The average Bonchev–Trinajstić information content (AvgIpc) is 2.48. The van der Waals surface area contributed by atoms with Crippen molar-refractivity contribution in [3.05, 3.63) is 18.1 Å². The Morgan fingerprint density at radius 3 is 3.00 bits per heavy atom. The number of carbonyl (C=O) groups is 2. The Balaban J connectivity index is 2.02. The first-order chi connectivity index (χ1) is 10.1. The second-order valence-corrected chi connectivity index (χ2v) is 5.23. The molecular weight excluding hydrogens is 270 g/mol. The van der Waals surface area contributed by atoms with Gasteiger partial charge in [0, 0.05) is 25.6 Å². The van der Waals surface area contributed by atoms with Crippen molar-refractivity contribution in [2.75, 3.05) is 18.0 Å². The maximum Gasteiger partial charge on any atom is 0.268 e. The molecule has 3 N–H and O–H groups in total. The van der Waals surface area contributed by atoms with E-state index in [4.69, 9.17) is 5.73 Å². The summed E-state index contributed by atoms with van der Waals surface area (Å²) in [5.41, 5.74) is 5.38. The van der Waals surface area contributed by atoms with Crippen LogP contribution in [0.1, 0.15) is 43.1 Å². The molecule has 21 heavy (non-hydrogen) atoms. The van der Waals surface area contributed by atoms with Crippen LogP contribution in [0, 0.1) is 0 Å². The molecule has 0 radical (unpaired) electrons. The molecule has 7 heteroatoms. The van der Waals surface area contributed by atoms with Crippen molar-refractivity contribution in [3.63, 3.8) is 0 Å². The summed E-state index contributed by atoms with van der Waals surface area (Å²) in [6.07, 6.45) is 6.27. The number of primary amides is 1. The smallest absolute Gasteiger partial charge is 0.268 e. The highest BCUT2D eigenvalue weighted by Crippen LogP contribution is 2.17. The minimum atomic E-state index is -0.589. The maximum atomic E-state index is 11.7. The quantitative estimate of drug-likeness (QED) is 0.820. The lowest BCUT2D eigenvalue weighted by atomic mass is 10.1. The van der Waals surface area contributed by atoms with Crippen molar-refractivity contribution >= 4 is 17.6 Å². The zero-order chi connectivity index (χ0) is 15.2. The minimum absolute atomic E-state index is 0.0846. The topological polar surface area (TPSA) is 101 Å². The number of carbonyl (C=O) groups excluding carboxylic acids is 2. The Morgan fingerprint density at radius 1 is 1.48 bits per heavy atom. The van der Waals surface area contributed by atoms with Gasteiger partial charge in [-0.1, -0.05) is 6.92 Å². The second-order valence-electron chi connectivity index (χ2n) is 5.23. The molecule has 1 aromatic rings. The lowest BCUT2D eigenvalue weighted by Crippen LogP contribution is -2.48. The maximum absolute atomic E-state index is 11.7. The van der Waals surface area contributed by atoms with Crippen molar-refractivity contribution < 1.29 is 9.59 Å². The van der Waals surface area contributed by atoms with E-state index < -0.39 is 5.91 Å². The van der Waals surface area contributed by atoms with Crippen LogP contribution >= 0.6 is 0 Å². The fourth-order valence-electron chi connectivity index (χ4n) is 2.46. The molecule has 2 amide bonds. The molecule has 0 aromatic carbocycles. The molecule has 2 heterocycles. The molecule has 1 aliphatic heterocycles. The van der Waals surface area contributed by atoms with E-state index in [1.165, 1.54) is 6.20 Å². The van der Waals surface area contributed by atoms with Gasteiger partial charge in [-0.05, 0) is 19.3 Å². The summed E-state index contributed by atoms with van der Waals surface area (Å²) in [6.45, 7) is 3.49. The molecule has 1 aliphatic rings. The van der Waals surface area contributed by atoms with Gasteiger partial charge in [-0.25, -0.2) is 4.98 Å². The van der Waals surface area contributed by atoms with Crippen LogP contribution in [0.2, 0.25) is 0 Å². The third-order valence-electron chi connectivity index (χ3n) is 3.46. The predicted octanol–water partition coefficient (Wildman–Crippen LogP) is 0.461. The van der Waals surface area contributed by atoms with Crippen LogP contribution in [-0.2, 0) is 4.79 Å². The molecule has 1 unspecified atom stereocenters. The van der Waals surface area contributed by atoms with Crippen molar-refractivity contribution in [3.8, 4) is 0 Å². The number of nitrogens with two attached hydrogens (primary N) is 1. The van der Waals surface area contributed by atoms with Crippen molar-refractivity contribution in [1.29, 1.82) is 0 Å². The first-order valence-electron chi connectivity index (χ1n) is 7.26. The molecule has 1 atom stereocenters. The molecule has 0 saturated carbocycles. The van der Waals surface area contributed by atoms with Gasteiger partial charge in [0.25, 0.3) is 5.91 Å². The van der Waals surface area contributed by atoms with Gasteiger partial charge in [0.05, 0.1) is 12.4 Å². The highest BCUT2D eigenvalue weighted by Gasteiger charge is 2.22. The van der Waals surface area contributed by atoms with Gasteiger partial charge in [-0.15, -0.1) is 0 Å². The summed E-state index contributed by atoms with van der Waals surface area (Å²) >= 11 is 0. The Labute approximate surface area is 123 Å². The van der Waals surface area contributed by atoms with E-state index in [0.29, 0.717) is 18.8 Å². The van der Waals surface area contributed by atoms with Crippen LogP contribution in [0.3, 0.4) is 0 Å². The molecule has 0 spiro atoms. The third-order valence-corrected chi connectivity index (χ3v) is 3.46. The fraction of sp³-hybridized carbons (Fsp3) is 0.571. The number of amides is 2. The van der Waals surface area contributed by atoms with Crippen LogP contribution in [0.4, 0.5) is 5.82 Å². The number of aromatic nitrogens is 2. The van der Waals surface area contributed by atoms with Crippen molar-refractivity contribution in [2.45, 2.75) is 38.6 Å². The van der Waals surface area contributed by atoms with E-state index in [2.05, 4.69) is 15.3 Å². The Hall–Kier alpha value is -2.18. The van der Waals surface area contributed by atoms with E-state index in [1.54, 1.807) is 6.20 Å². The molecule has 7 nitrogen and oxygen atoms in total. The molecule has 114 valence electrons. The zero-order valence-electron chi connectivity index (χ0n) is 12.2. The molecule has 0 bridgehead atoms. The fourth-order valence-corrected chi connectivity index (χ4v) is 2.46. The molecule has 2 rings (SSSR count). The van der Waals surface area contributed by atoms with E-state index in [9.17, 15) is 9.59 Å². The van der Waals surface area contributed by atoms with Gasteiger partial charge in [0.15, 0.2) is 0 Å². The average molecular weight is 291 g/mol. The first kappa shape index (κ1) is 15.2. The van der Waals surface area contributed by atoms with E-state index in [0.717, 1.165) is 25.8 Å². The van der Waals surface area contributed by atoms with E-state index >= 15 is 0 Å². The number of hydrogen-bond donors (Lipinski definition) is 2. The standard InChI is InChI=1S/C14H21N5O2/c1-2-4-13(20)17-10-5-3-6-19(9-10)12-8-16-7-11(18-12)14(15)21/h7-8,10H,2-6,9H2,1H3,(H2,15,21)(H,17,20). The Kier molecular flexibility index (Phi) is 5.08. The van der Waals surface area contributed by atoms with Gasteiger partial charge in [0.2, 0.25) is 5.91 Å². The van der Waals surface area contributed by atoms with Crippen LogP contribution < -0.4 is 16.0 Å². The van der Waals surface area contributed by atoms with Crippen LogP contribution in [-0.4, -0.2) is 40.9 Å². The lowest BCUT2D eigenvalue weighted by molar-refractivity contribution is -0.121. The SMILES string of the molecule is CCCC(=O)NC1CCCN(c2cncc(C(N)=O)n2)C1. The van der Waals surface area contributed by atoms with Gasteiger partial charge >= 0.3 is 0 Å². The van der Waals surface area contributed by atoms with E-state index in [-0.39, 0.29) is 17.6 Å². The molecule has 0 aliphatic carbocycles. The summed E-state index contributed by atoms with van der Waals surface area (Å²) in [7, 11) is 0. The Morgan fingerprint density at radius 2 is 2.29 bits per heavy atom. The zero-order valence-corrected chi connectivity index (χ0v) is 12.2. The van der Waals surface area contributed by atoms with Crippen LogP contribution in [0.15, 0.2) is 12.4 Å². The number of anilines is 1. The van der Waals surface area contributed by atoms with Crippen LogP contribution in [0.25, 0.3) is 0 Å². The minimum Gasteiger partial charge on any atom is -0.364 e. The summed E-state index contributed by atoms with van der Waals surface area (Å²) in [4.78, 5) is 33.1. The van der Waals surface area contributed by atoms with Crippen molar-refractivity contribution in [2.24, 2.45) is 5.73 Å². The normalized spacial score (nSPS) is 18.3. The molecule has 1 saturated heterocycles. The Bertz CT molecular complexity index is 520. The van der Waals surface area contributed by atoms with Gasteiger partial charge in [-0.3, -0.25) is 14.6 Å². The summed E-state index contributed by atoms with van der Waals surface area (Å²) in [5.74, 6) is 0.121. The monoisotopic (exact) mass is 291 g/mol. The van der Waals surface area contributed by atoms with Crippen molar-refractivity contribution in [1.82, 2.24) is 15.3 Å². The highest BCUT2D eigenvalue weighted by atomic mass is 16.2. The number of hydrogen-bond acceptors (Lipinski definition) is 5. The largest absolute Gasteiger partial charge is 0.364 e. The predicted molar refractivity (Wildman–Crippen MR) is 78.8 cm³/mol. The number of nitrogens with one attached hydrogen (secondary N) is 1. The first-order valence-corrected chi connectivity index (χ1v) is 7.26. The van der Waals surface area contributed by atoms with E-state index in [1.807, 2.05) is 11.8 Å². The summed E-state index contributed by atoms with van der Waals surface area (Å²) in [6, 6.07) is 0.108. The molecule has 1 fully saturated rings. The van der Waals surface area contributed by atoms with Gasteiger partial charge < -0.3 is 16.0 Å². The number of rotatable bonds is 5. The number of piperidine rings is 1. The molecular formula is C14H21N5O2. The number of nitrogens with zero attached hydrogens (tertiary/aromatic N) is 3. The second kappa shape index (κ2) is 7.01. The highest BCUT2D eigenvalue weighted by molar-refractivity contribution is 5.90. The summed E-state index contributed by atoms with van der Waals surface area (Å²) < 4.78 is 0. The molecule has 1 aromatic heterocycles.